The SMILES string of the molecule is C[S+]([O-])c1ccc(C2N=NC(c3ccc(F)cc3)=C2c2ccncc2)cc1. The van der Waals surface area contributed by atoms with Crippen LogP contribution in [0.25, 0.3) is 11.3 Å². The molecule has 0 radical (unpaired) electrons. The molecule has 0 fully saturated rings. The van der Waals surface area contributed by atoms with Crippen molar-refractivity contribution in [1.29, 1.82) is 0 Å². The summed E-state index contributed by atoms with van der Waals surface area (Å²) < 4.78 is 25.0. The van der Waals surface area contributed by atoms with Gasteiger partial charge < -0.3 is 4.55 Å². The number of pyridine rings is 1. The zero-order valence-corrected chi connectivity index (χ0v) is 15.4. The van der Waals surface area contributed by atoms with Crippen molar-refractivity contribution in [1.82, 2.24) is 4.98 Å². The summed E-state index contributed by atoms with van der Waals surface area (Å²) in [6, 6.07) is 17.3. The summed E-state index contributed by atoms with van der Waals surface area (Å²) in [5.41, 5.74) is 4.38. The Kier molecular flexibility index (Phi) is 4.83. The second-order valence-electron chi connectivity index (χ2n) is 6.15. The van der Waals surface area contributed by atoms with Gasteiger partial charge in [0.2, 0.25) is 0 Å². The Hall–Kier alpha value is -2.83. The molecule has 1 aliphatic rings. The molecule has 134 valence electrons. The lowest BCUT2D eigenvalue weighted by molar-refractivity contribution is 0.601. The van der Waals surface area contributed by atoms with Gasteiger partial charge >= 0.3 is 0 Å². The van der Waals surface area contributed by atoms with Crippen LogP contribution >= 0.6 is 0 Å². The standard InChI is InChI=1S/C21H16FN3OS/c1-27(26)18-8-4-16(5-9-18)21-19(14-10-12-23-13-11-14)20(24-25-21)15-2-6-17(22)7-3-15/h2-13,21H,1H3. The summed E-state index contributed by atoms with van der Waals surface area (Å²) in [5, 5.41) is 8.89. The summed E-state index contributed by atoms with van der Waals surface area (Å²) >= 11 is -1.03. The van der Waals surface area contributed by atoms with Gasteiger partial charge in [0.05, 0.1) is 5.70 Å². The maximum atomic E-state index is 13.3. The molecule has 2 atom stereocenters. The average Bonchev–Trinajstić information content (AvgIpc) is 3.14. The summed E-state index contributed by atoms with van der Waals surface area (Å²) in [4.78, 5) is 4.85. The Morgan fingerprint density at radius 2 is 1.56 bits per heavy atom. The van der Waals surface area contributed by atoms with Gasteiger partial charge in [0, 0.05) is 23.5 Å². The predicted molar refractivity (Wildman–Crippen MR) is 104 cm³/mol. The second kappa shape index (κ2) is 7.42. The van der Waals surface area contributed by atoms with Gasteiger partial charge in [-0.1, -0.05) is 12.1 Å². The zero-order valence-electron chi connectivity index (χ0n) is 14.5. The van der Waals surface area contributed by atoms with Crippen LogP contribution in [-0.2, 0) is 11.2 Å². The molecule has 3 aromatic rings. The number of aromatic nitrogens is 1. The van der Waals surface area contributed by atoms with E-state index in [0.717, 1.165) is 27.2 Å². The van der Waals surface area contributed by atoms with Gasteiger partial charge in [0.1, 0.15) is 18.1 Å². The lowest BCUT2D eigenvalue weighted by Gasteiger charge is -2.14. The Morgan fingerprint density at radius 3 is 2.19 bits per heavy atom. The maximum absolute atomic E-state index is 13.3. The van der Waals surface area contributed by atoms with E-state index in [0.29, 0.717) is 5.70 Å². The van der Waals surface area contributed by atoms with E-state index >= 15 is 0 Å². The van der Waals surface area contributed by atoms with Gasteiger partial charge in [0.15, 0.2) is 4.90 Å². The van der Waals surface area contributed by atoms with Gasteiger partial charge in [-0.05, 0) is 70.8 Å². The fourth-order valence-electron chi connectivity index (χ4n) is 3.08. The number of benzene rings is 2. The molecule has 2 unspecified atom stereocenters. The minimum absolute atomic E-state index is 0.285. The van der Waals surface area contributed by atoms with Crippen LogP contribution in [0.15, 0.2) is 88.2 Å². The molecule has 2 heterocycles. The number of hydrogen-bond acceptors (Lipinski definition) is 4. The summed E-state index contributed by atoms with van der Waals surface area (Å²) in [7, 11) is 0. The second-order valence-corrected chi connectivity index (χ2v) is 7.53. The smallest absolute Gasteiger partial charge is 0.152 e. The number of rotatable bonds is 4. The van der Waals surface area contributed by atoms with E-state index in [1.54, 1.807) is 30.8 Å². The van der Waals surface area contributed by atoms with Crippen molar-refractivity contribution in [3.8, 4) is 0 Å². The van der Waals surface area contributed by atoms with E-state index in [-0.39, 0.29) is 11.9 Å². The topological polar surface area (TPSA) is 60.7 Å². The molecule has 0 amide bonds. The fraction of sp³-hybridized carbons (Fsp3) is 0.0952. The third-order valence-corrected chi connectivity index (χ3v) is 5.37. The van der Waals surface area contributed by atoms with Crippen molar-refractivity contribution in [2.45, 2.75) is 10.9 Å². The molecule has 1 aliphatic heterocycles. The molecule has 0 aliphatic carbocycles. The monoisotopic (exact) mass is 377 g/mol. The van der Waals surface area contributed by atoms with Crippen molar-refractivity contribution in [3.05, 3.63) is 95.6 Å². The van der Waals surface area contributed by atoms with Crippen LogP contribution in [0.1, 0.15) is 22.7 Å². The van der Waals surface area contributed by atoms with Crippen LogP contribution in [0.2, 0.25) is 0 Å². The van der Waals surface area contributed by atoms with E-state index in [2.05, 4.69) is 15.2 Å². The number of nitrogens with zero attached hydrogens (tertiary/aromatic N) is 3. The van der Waals surface area contributed by atoms with Crippen molar-refractivity contribution in [2.75, 3.05) is 6.26 Å². The molecule has 0 bridgehead atoms. The van der Waals surface area contributed by atoms with Crippen LogP contribution in [0.5, 0.6) is 0 Å². The first kappa shape index (κ1) is 17.6. The van der Waals surface area contributed by atoms with Gasteiger partial charge in [-0.15, -0.1) is 0 Å². The molecule has 2 aromatic carbocycles. The number of halogens is 1. The Bertz CT molecular complexity index is 1000. The molecule has 0 spiro atoms. The summed E-state index contributed by atoms with van der Waals surface area (Å²) in [6.07, 6.45) is 5.10. The van der Waals surface area contributed by atoms with E-state index in [1.165, 1.54) is 12.1 Å². The molecule has 0 saturated heterocycles. The van der Waals surface area contributed by atoms with E-state index in [1.807, 2.05) is 36.4 Å². The van der Waals surface area contributed by atoms with E-state index in [9.17, 15) is 8.94 Å². The molecule has 4 rings (SSSR count). The lowest BCUT2D eigenvalue weighted by atomic mass is 9.91. The quantitative estimate of drug-likeness (QED) is 0.599. The molecule has 1 aromatic heterocycles. The fourth-order valence-corrected chi connectivity index (χ4v) is 3.60. The first-order chi connectivity index (χ1) is 13.1. The van der Waals surface area contributed by atoms with Gasteiger partial charge in [-0.25, -0.2) is 4.39 Å². The number of azo groups is 1. The predicted octanol–water partition coefficient (Wildman–Crippen LogP) is 5.03. The average molecular weight is 377 g/mol. The third-order valence-electron chi connectivity index (χ3n) is 4.44. The minimum atomic E-state index is -1.03. The van der Waals surface area contributed by atoms with Crippen LogP contribution in [-0.4, -0.2) is 15.8 Å². The molecule has 27 heavy (non-hydrogen) atoms. The summed E-state index contributed by atoms with van der Waals surface area (Å²) in [6.45, 7) is 0. The van der Waals surface area contributed by atoms with Gasteiger partial charge in [-0.2, -0.15) is 10.2 Å². The molecule has 0 N–H and O–H groups in total. The lowest BCUT2D eigenvalue weighted by Crippen LogP contribution is -2.01. The first-order valence-electron chi connectivity index (χ1n) is 8.38. The van der Waals surface area contributed by atoms with Crippen molar-refractivity contribution < 1.29 is 8.94 Å². The highest BCUT2D eigenvalue weighted by molar-refractivity contribution is 7.90. The maximum Gasteiger partial charge on any atom is 0.152 e. The highest BCUT2D eigenvalue weighted by atomic mass is 32.2. The zero-order chi connectivity index (χ0) is 18.8. The third kappa shape index (κ3) is 3.54. The van der Waals surface area contributed by atoms with Crippen LogP contribution in [0.4, 0.5) is 4.39 Å². The largest absolute Gasteiger partial charge is 0.612 e. The van der Waals surface area contributed by atoms with Crippen molar-refractivity contribution in [3.63, 3.8) is 0 Å². The summed E-state index contributed by atoms with van der Waals surface area (Å²) in [5.74, 6) is -0.292. The number of hydrogen-bond donors (Lipinski definition) is 0. The molecule has 6 heteroatoms. The van der Waals surface area contributed by atoms with E-state index in [4.69, 9.17) is 0 Å². The van der Waals surface area contributed by atoms with Crippen LogP contribution in [0, 0.1) is 5.82 Å². The highest BCUT2D eigenvalue weighted by Crippen LogP contribution is 2.44. The Morgan fingerprint density at radius 1 is 0.889 bits per heavy atom. The van der Waals surface area contributed by atoms with Gasteiger partial charge in [0.25, 0.3) is 0 Å². The van der Waals surface area contributed by atoms with Crippen LogP contribution < -0.4 is 0 Å². The van der Waals surface area contributed by atoms with Crippen molar-refractivity contribution in [2.24, 2.45) is 10.2 Å². The van der Waals surface area contributed by atoms with E-state index < -0.39 is 11.2 Å². The molecular formula is C21H16FN3OS. The minimum Gasteiger partial charge on any atom is -0.612 e. The molecule has 0 saturated carbocycles. The van der Waals surface area contributed by atoms with Crippen molar-refractivity contribution >= 4 is 22.4 Å². The van der Waals surface area contributed by atoms with Crippen LogP contribution in [0.3, 0.4) is 0 Å². The first-order valence-corrected chi connectivity index (χ1v) is 9.94. The molecule has 4 nitrogen and oxygen atoms in total. The Labute approximate surface area is 159 Å². The normalized spacial score (nSPS) is 17.4. The highest BCUT2D eigenvalue weighted by Gasteiger charge is 2.28. The molecular weight excluding hydrogens is 361 g/mol. The van der Waals surface area contributed by atoms with Gasteiger partial charge in [-0.3, -0.25) is 4.98 Å². The Balaban J connectivity index is 1.82.